The molecular weight excluding hydrogens is 350 g/mol. The number of unbranched alkanes of at least 4 members (excludes halogenated alkanes) is 7. The second kappa shape index (κ2) is 13.6. The van der Waals surface area contributed by atoms with E-state index in [4.69, 9.17) is 4.74 Å². The number of pyridine rings is 1. The first-order chi connectivity index (χ1) is 13.8. The zero-order valence-electron chi connectivity index (χ0n) is 17.0. The van der Waals surface area contributed by atoms with E-state index in [0.717, 1.165) is 30.0 Å². The number of aromatic nitrogens is 1. The van der Waals surface area contributed by atoms with Gasteiger partial charge in [-0.3, -0.25) is 4.98 Å². The van der Waals surface area contributed by atoms with E-state index in [9.17, 15) is 4.79 Å². The fourth-order valence-electron chi connectivity index (χ4n) is 2.92. The maximum absolute atomic E-state index is 12.0. The molecule has 28 heavy (non-hydrogen) atoms. The number of hydrogen-bond acceptors (Lipinski definition) is 3. The first-order valence-corrected chi connectivity index (χ1v) is 10.4. The summed E-state index contributed by atoms with van der Waals surface area (Å²) >= 11 is 0. The smallest absolute Gasteiger partial charge is 0.319 e. The molecular formula is C23H33N3O2. The molecule has 152 valence electrons. The van der Waals surface area contributed by atoms with E-state index in [1.165, 1.54) is 44.9 Å². The van der Waals surface area contributed by atoms with E-state index in [2.05, 4.69) is 22.5 Å². The molecule has 0 aliphatic heterocycles. The maximum Gasteiger partial charge on any atom is 0.319 e. The van der Waals surface area contributed by atoms with Crippen molar-refractivity contribution in [1.29, 1.82) is 0 Å². The number of carbonyl (C=O) groups is 1. The number of nitrogens with zero attached hydrogens (tertiary/aromatic N) is 1. The van der Waals surface area contributed by atoms with Gasteiger partial charge in [0, 0.05) is 24.6 Å². The van der Waals surface area contributed by atoms with Crippen LogP contribution in [0.5, 0.6) is 5.75 Å². The van der Waals surface area contributed by atoms with Crippen molar-refractivity contribution in [2.45, 2.75) is 64.8 Å². The average Bonchev–Trinajstić information content (AvgIpc) is 2.73. The molecule has 5 nitrogen and oxygen atoms in total. The van der Waals surface area contributed by atoms with Crippen molar-refractivity contribution < 1.29 is 9.53 Å². The van der Waals surface area contributed by atoms with Crippen LogP contribution < -0.4 is 15.4 Å². The Morgan fingerprint density at radius 3 is 2.36 bits per heavy atom. The van der Waals surface area contributed by atoms with Gasteiger partial charge in [0.2, 0.25) is 0 Å². The third kappa shape index (κ3) is 9.40. The molecule has 2 amide bonds. The van der Waals surface area contributed by atoms with Crippen molar-refractivity contribution in [3.8, 4) is 5.75 Å². The Kier molecular flexibility index (Phi) is 10.5. The van der Waals surface area contributed by atoms with Gasteiger partial charge in [-0.25, -0.2) is 4.79 Å². The van der Waals surface area contributed by atoms with Gasteiger partial charge in [-0.1, -0.05) is 57.9 Å². The summed E-state index contributed by atoms with van der Waals surface area (Å²) in [6.07, 6.45) is 13.8. The summed E-state index contributed by atoms with van der Waals surface area (Å²) in [6.45, 7) is 3.44. The van der Waals surface area contributed by atoms with Gasteiger partial charge < -0.3 is 15.4 Å². The number of rotatable bonds is 13. The Balaban J connectivity index is 1.56. The standard InChI is InChI=1S/C23H33N3O2/c1-2-3-4-5-6-7-8-9-17-28-22-14-12-21(13-15-22)26-23(27)25-19-20-11-10-16-24-18-20/h10-16,18H,2-9,17,19H2,1H3,(H2,25,26,27). The van der Waals surface area contributed by atoms with Crippen molar-refractivity contribution in [1.82, 2.24) is 10.3 Å². The lowest BCUT2D eigenvalue weighted by atomic mass is 10.1. The van der Waals surface area contributed by atoms with Crippen LogP contribution >= 0.6 is 0 Å². The molecule has 1 aromatic carbocycles. The van der Waals surface area contributed by atoms with Crippen molar-refractivity contribution in [2.24, 2.45) is 0 Å². The lowest BCUT2D eigenvalue weighted by molar-refractivity contribution is 0.251. The third-order valence-corrected chi connectivity index (χ3v) is 4.55. The van der Waals surface area contributed by atoms with Crippen LogP contribution in [0.4, 0.5) is 10.5 Å². The van der Waals surface area contributed by atoms with E-state index < -0.39 is 0 Å². The van der Waals surface area contributed by atoms with Crippen LogP contribution in [0.1, 0.15) is 63.9 Å². The van der Waals surface area contributed by atoms with Gasteiger partial charge in [0.15, 0.2) is 0 Å². The molecule has 2 rings (SSSR count). The molecule has 2 N–H and O–H groups in total. The topological polar surface area (TPSA) is 63.2 Å². The van der Waals surface area contributed by atoms with Gasteiger partial charge >= 0.3 is 6.03 Å². The van der Waals surface area contributed by atoms with Crippen LogP contribution in [-0.4, -0.2) is 17.6 Å². The Morgan fingerprint density at radius 2 is 1.68 bits per heavy atom. The van der Waals surface area contributed by atoms with Crippen molar-refractivity contribution >= 4 is 11.7 Å². The van der Waals surface area contributed by atoms with Gasteiger partial charge in [-0.05, 0) is 42.3 Å². The van der Waals surface area contributed by atoms with E-state index in [-0.39, 0.29) is 6.03 Å². The predicted molar refractivity (Wildman–Crippen MR) is 115 cm³/mol. The van der Waals surface area contributed by atoms with Crippen molar-refractivity contribution in [2.75, 3.05) is 11.9 Å². The lowest BCUT2D eigenvalue weighted by Gasteiger charge is -2.09. The molecule has 0 unspecified atom stereocenters. The van der Waals surface area contributed by atoms with Crippen LogP contribution in [0.2, 0.25) is 0 Å². The summed E-state index contributed by atoms with van der Waals surface area (Å²) in [7, 11) is 0. The van der Waals surface area contributed by atoms with Crippen LogP contribution in [-0.2, 0) is 6.54 Å². The first-order valence-electron chi connectivity index (χ1n) is 10.4. The molecule has 5 heteroatoms. The van der Waals surface area contributed by atoms with Gasteiger partial charge in [0.1, 0.15) is 5.75 Å². The highest BCUT2D eigenvalue weighted by atomic mass is 16.5. The highest BCUT2D eigenvalue weighted by Crippen LogP contribution is 2.16. The SMILES string of the molecule is CCCCCCCCCCOc1ccc(NC(=O)NCc2cccnc2)cc1. The summed E-state index contributed by atoms with van der Waals surface area (Å²) in [5, 5.41) is 5.63. The number of carbonyl (C=O) groups excluding carboxylic acids is 1. The maximum atomic E-state index is 12.0. The Bertz CT molecular complexity index is 659. The van der Waals surface area contributed by atoms with Crippen LogP contribution in [0.25, 0.3) is 0 Å². The third-order valence-electron chi connectivity index (χ3n) is 4.55. The molecule has 0 saturated heterocycles. The number of hydrogen-bond donors (Lipinski definition) is 2. The molecule has 0 radical (unpaired) electrons. The van der Waals surface area contributed by atoms with E-state index in [0.29, 0.717) is 6.54 Å². The van der Waals surface area contributed by atoms with Crippen molar-refractivity contribution in [3.05, 3.63) is 54.4 Å². The molecule has 0 fully saturated rings. The Labute approximate surface area is 168 Å². The molecule has 0 saturated carbocycles. The summed E-state index contributed by atoms with van der Waals surface area (Å²) in [5.74, 6) is 0.837. The largest absolute Gasteiger partial charge is 0.494 e. The first kappa shape index (κ1) is 21.7. The monoisotopic (exact) mass is 383 g/mol. The van der Waals surface area contributed by atoms with Gasteiger partial charge in [-0.15, -0.1) is 0 Å². The second-order valence-corrected chi connectivity index (χ2v) is 7.02. The molecule has 1 heterocycles. The zero-order chi connectivity index (χ0) is 19.9. The Morgan fingerprint density at radius 1 is 0.964 bits per heavy atom. The minimum atomic E-state index is -0.239. The summed E-state index contributed by atoms with van der Waals surface area (Å²) in [6, 6.07) is 11.0. The molecule has 2 aromatic rings. The summed E-state index contributed by atoms with van der Waals surface area (Å²) in [5.41, 5.74) is 1.70. The Hall–Kier alpha value is -2.56. The van der Waals surface area contributed by atoms with Crippen LogP contribution in [0.15, 0.2) is 48.8 Å². The highest BCUT2D eigenvalue weighted by molar-refractivity contribution is 5.89. The van der Waals surface area contributed by atoms with Gasteiger partial charge in [0.05, 0.1) is 6.61 Å². The quantitative estimate of drug-likeness (QED) is 0.422. The summed E-state index contributed by atoms with van der Waals surface area (Å²) < 4.78 is 5.78. The number of amides is 2. The van der Waals surface area contributed by atoms with Crippen LogP contribution in [0, 0.1) is 0 Å². The van der Waals surface area contributed by atoms with Gasteiger partial charge in [-0.2, -0.15) is 0 Å². The molecule has 0 bridgehead atoms. The minimum absolute atomic E-state index is 0.239. The van der Waals surface area contributed by atoms with Crippen LogP contribution in [0.3, 0.4) is 0 Å². The van der Waals surface area contributed by atoms with E-state index in [1.807, 2.05) is 36.4 Å². The fourth-order valence-corrected chi connectivity index (χ4v) is 2.92. The predicted octanol–water partition coefficient (Wildman–Crippen LogP) is 5.92. The number of nitrogens with one attached hydrogen (secondary N) is 2. The second-order valence-electron chi connectivity index (χ2n) is 7.02. The van der Waals surface area contributed by atoms with E-state index in [1.54, 1.807) is 12.4 Å². The fraction of sp³-hybridized carbons (Fsp3) is 0.478. The zero-order valence-corrected chi connectivity index (χ0v) is 17.0. The number of anilines is 1. The number of ether oxygens (including phenoxy) is 1. The molecule has 0 aliphatic rings. The van der Waals surface area contributed by atoms with Gasteiger partial charge in [0.25, 0.3) is 0 Å². The minimum Gasteiger partial charge on any atom is -0.494 e. The van der Waals surface area contributed by atoms with Crippen molar-refractivity contribution in [3.63, 3.8) is 0 Å². The lowest BCUT2D eigenvalue weighted by Crippen LogP contribution is -2.28. The summed E-state index contributed by atoms with van der Waals surface area (Å²) in [4.78, 5) is 16.0. The average molecular weight is 384 g/mol. The number of benzene rings is 1. The highest BCUT2D eigenvalue weighted by Gasteiger charge is 2.02. The normalized spacial score (nSPS) is 10.5. The molecule has 1 aromatic heterocycles. The number of urea groups is 1. The molecule has 0 aliphatic carbocycles. The molecule has 0 spiro atoms. The van der Waals surface area contributed by atoms with E-state index >= 15 is 0 Å². The molecule has 0 atom stereocenters.